The van der Waals surface area contributed by atoms with E-state index < -0.39 is 15.9 Å². The summed E-state index contributed by atoms with van der Waals surface area (Å²) in [6.45, 7) is 1.90. The summed E-state index contributed by atoms with van der Waals surface area (Å²) >= 11 is 7.16. The smallest absolute Gasteiger partial charge is 0.243 e. The van der Waals surface area contributed by atoms with Crippen LogP contribution in [0, 0.1) is 5.92 Å². The predicted octanol–water partition coefficient (Wildman–Crippen LogP) is 3.95. The predicted molar refractivity (Wildman–Crippen MR) is 125 cm³/mol. The summed E-state index contributed by atoms with van der Waals surface area (Å²) in [5.74, 6) is -0.910. The summed E-state index contributed by atoms with van der Waals surface area (Å²) in [7, 11) is -3.71. The van der Waals surface area contributed by atoms with Crippen molar-refractivity contribution in [1.29, 1.82) is 0 Å². The van der Waals surface area contributed by atoms with Gasteiger partial charge in [-0.25, -0.2) is 13.4 Å². The number of carbonyl (C=O) groups is 2. The van der Waals surface area contributed by atoms with E-state index >= 15 is 0 Å². The summed E-state index contributed by atoms with van der Waals surface area (Å²) < 4.78 is 28.1. The van der Waals surface area contributed by atoms with Crippen molar-refractivity contribution in [1.82, 2.24) is 9.29 Å². The maximum absolute atomic E-state index is 13.0. The molecule has 1 saturated heterocycles. The van der Waals surface area contributed by atoms with Crippen LogP contribution in [-0.2, 0) is 19.6 Å². The monoisotopic (exact) mass is 492 g/mol. The standard InChI is InChI=1S/C21H21ClN4O4S2/c1-13(27)23-16-6-9-18-19(11-16)31-21(24-18)25-20(28)14-3-2-10-26(12-14)32(29,30)17-7-4-15(22)5-8-17/h4-9,11,14H,2-3,10,12H2,1H3,(H,23,27)(H,24,25,28). The van der Waals surface area contributed by atoms with Gasteiger partial charge < -0.3 is 10.6 Å². The minimum atomic E-state index is -3.71. The number of carbonyl (C=O) groups excluding carboxylic acids is 2. The summed E-state index contributed by atoms with van der Waals surface area (Å²) in [4.78, 5) is 28.7. The number of benzene rings is 2. The first-order valence-electron chi connectivity index (χ1n) is 9.97. The first-order chi connectivity index (χ1) is 15.2. The second kappa shape index (κ2) is 9.14. The van der Waals surface area contributed by atoms with Crippen LogP contribution in [0.3, 0.4) is 0 Å². The molecule has 1 aliphatic heterocycles. The maximum atomic E-state index is 13.0. The normalized spacial score (nSPS) is 17.2. The van der Waals surface area contributed by atoms with Crippen LogP contribution in [0.1, 0.15) is 19.8 Å². The zero-order valence-corrected chi connectivity index (χ0v) is 19.6. The number of nitrogens with zero attached hydrogens (tertiary/aromatic N) is 2. The molecule has 11 heteroatoms. The highest BCUT2D eigenvalue weighted by Crippen LogP contribution is 2.30. The molecule has 0 bridgehead atoms. The van der Waals surface area contributed by atoms with Crippen molar-refractivity contribution >= 4 is 65.8 Å². The Hall–Kier alpha value is -2.53. The Balaban J connectivity index is 1.46. The van der Waals surface area contributed by atoms with Crippen molar-refractivity contribution < 1.29 is 18.0 Å². The quantitative estimate of drug-likeness (QED) is 0.560. The lowest BCUT2D eigenvalue weighted by atomic mass is 9.99. The van der Waals surface area contributed by atoms with Crippen molar-refractivity contribution in [3.05, 3.63) is 47.5 Å². The molecule has 0 saturated carbocycles. The minimum absolute atomic E-state index is 0.106. The van der Waals surface area contributed by atoms with Crippen LogP contribution >= 0.6 is 22.9 Å². The van der Waals surface area contributed by atoms with Crippen LogP contribution in [-0.4, -0.2) is 42.6 Å². The van der Waals surface area contributed by atoms with Crippen molar-refractivity contribution in [3.8, 4) is 0 Å². The third-order valence-corrected chi connectivity index (χ3v) is 8.21. The number of fused-ring (bicyclic) bond motifs is 1. The first kappa shape index (κ1) is 22.7. The molecule has 1 aromatic heterocycles. The molecule has 2 N–H and O–H groups in total. The number of anilines is 2. The Labute approximate surface area is 194 Å². The number of nitrogens with one attached hydrogen (secondary N) is 2. The number of piperidine rings is 1. The molecular weight excluding hydrogens is 472 g/mol. The van der Waals surface area contributed by atoms with E-state index in [0.29, 0.717) is 40.7 Å². The first-order valence-corrected chi connectivity index (χ1v) is 12.6. The summed E-state index contributed by atoms with van der Waals surface area (Å²) in [6, 6.07) is 11.3. The largest absolute Gasteiger partial charge is 0.326 e. The Kier molecular flexibility index (Phi) is 6.47. The fourth-order valence-corrected chi connectivity index (χ4v) is 6.15. The van der Waals surface area contributed by atoms with Gasteiger partial charge >= 0.3 is 0 Å². The van der Waals surface area contributed by atoms with Gasteiger partial charge in [0, 0.05) is 30.7 Å². The average Bonchev–Trinajstić information content (AvgIpc) is 3.15. The van der Waals surface area contributed by atoms with Crippen molar-refractivity contribution in [3.63, 3.8) is 0 Å². The molecule has 168 valence electrons. The Morgan fingerprint density at radius 2 is 1.91 bits per heavy atom. The zero-order valence-electron chi connectivity index (χ0n) is 17.2. The van der Waals surface area contributed by atoms with Gasteiger partial charge in [0.15, 0.2) is 5.13 Å². The van der Waals surface area contributed by atoms with Gasteiger partial charge in [0.1, 0.15) is 0 Å². The summed E-state index contributed by atoms with van der Waals surface area (Å²) in [5, 5.41) is 6.43. The van der Waals surface area contributed by atoms with Gasteiger partial charge in [0.25, 0.3) is 0 Å². The maximum Gasteiger partial charge on any atom is 0.243 e. The van der Waals surface area contributed by atoms with E-state index in [1.165, 1.54) is 46.8 Å². The fraction of sp³-hybridized carbons (Fsp3) is 0.286. The minimum Gasteiger partial charge on any atom is -0.326 e. The molecule has 2 heterocycles. The van der Waals surface area contributed by atoms with Gasteiger partial charge in [0.05, 0.1) is 21.0 Å². The second-order valence-corrected chi connectivity index (χ2v) is 10.9. The van der Waals surface area contributed by atoms with Gasteiger partial charge in [-0.15, -0.1) is 0 Å². The van der Waals surface area contributed by atoms with Crippen molar-refractivity contribution in [2.24, 2.45) is 5.92 Å². The molecular formula is C21H21ClN4O4S2. The third kappa shape index (κ3) is 4.93. The summed E-state index contributed by atoms with van der Waals surface area (Å²) in [5.41, 5.74) is 1.36. The van der Waals surface area contributed by atoms with Gasteiger partial charge in [-0.05, 0) is 55.3 Å². The second-order valence-electron chi connectivity index (χ2n) is 7.53. The Morgan fingerprint density at radius 1 is 1.16 bits per heavy atom. The molecule has 1 atom stereocenters. The Bertz CT molecular complexity index is 1270. The number of rotatable bonds is 5. The van der Waals surface area contributed by atoms with Crippen LogP contribution in [0.4, 0.5) is 10.8 Å². The highest BCUT2D eigenvalue weighted by atomic mass is 35.5. The van der Waals surface area contributed by atoms with Gasteiger partial charge in [0.2, 0.25) is 21.8 Å². The van der Waals surface area contributed by atoms with Crippen LogP contribution in [0.2, 0.25) is 5.02 Å². The number of thiazole rings is 1. The lowest BCUT2D eigenvalue weighted by Crippen LogP contribution is -2.43. The number of halogens is 1. The molecule has 0 spiro atoms. The van der Waals surface area contributed by atoms with Crippen LogP contribution in [0.15, 0.2) is 47.4 Å². The molecule has 1 aliphatic rings. The van der Waals surface area contributed by atoms with Crippen LogP contribution in [0.5, 0.6) is 0 Å². The molecule has 1 unspecified atom stereocenters. The van der Waals surface area contributed by atoms with E-state index in [0.717, 1.165) is 4.70 Å². The molecule has 4 rings (SSSR count). The number of hydrogen-bond donors (Lipinski definition) is 2. The number of hydrogen-bond acceptors (Lipinski definition) is 6. The van der Waals surface area contributed by atoms with E-state index in [1.54, 1.807) is 18.2 Å². The molecule has 3 aromatic rings. The third-order valence-electron chi connectivity index (χ3n) is 5.15. The van der Waals surface area contributed by atoms with E-state index in [9.17, 15) is 18.0 Å². The van der Waals surface area contributed by atoms with Crippen molar-refractivity contribution in [2.75, 3.05) is 23.7 Å². The molecule has 0 radical (unpaired) electrons. The SMILES string of the molecule is CC(=O)Nc1ccc2nc(NC(=O)C3CCCN(S(=O)(=O)c4ccc(Cl)cc4)C3)sc2c1. The highest BCUT2D eigenvalue weighted by Gasteiger charge is 2.33. The zero-order chi connectivity index (χ0) is 22.9. The van der Waals surface area contributed by atoms with Crippen LogP contribution < -0.4 is 10.6 Å². The van der Waals surface area contributed by atoms with E-state index in [2.05, 4.69) is 15.6 Å². The van der Waals surface area contributed by atoms with E-state index in [4.69, 9.17) is 11.6 Å². The molecule has 8 nitrogen and oxygen atoms in total. The average molecular weight is 493 g/mol. The van der Waals surface area contributed by atoms with E-state index in [-0.39, 0.29) is 23.3 Å². The molecule has 1 fully saturated rings. The van der Waals surface area contributed by atoms with Crippen molar-refractivity contribution in [2.45, 2.75) is 24.7 Å². The summed E-state index contributed by atoms with van der Waals surface area (Å²) in [6.07, 6.45) is 1.18. The fourth-order valence-electron chi connectivity index (χ4n) is 3.60. The number of sulfonamides is 1. The van der Waals surface area contributed by atoms with Gasteiger partial charge in [-0.3, -0.25) is 9.59 Å². The topological polar surface area (TPSA) is 108 Å². The lowest BCUT2D eigenvalue weighted by Gasteiger charge is -2.31. The molecule has 0 aliphatic carbocycles. The Morgan fingerprint density at radius 3 is 2.62 bits per heavy atom. The molecule has 2 aromatic carbocycles. The van der Waals surface area contributed by atoms with Crippen LogP contribution in [0.25, 0.3) is 10.2 Å². The van der Waals surface area contributed by atoms with Gasteiger partial charge in [-0.2, -0.15) is 4.31 Å². The lowest BCUT2D eigenvalue weighted by molar-refractivity contribution is -0.121. The highest BCUT2D eigenvalue weighted by molar-refractivity contribution is 7.89. The van der Waals surface area contributed by atoms with Gasteiger partial charge in [-0.1, -0.05) is 22.9 Å². The number of amides is 2. The van der Waals surface area contributed by atoms with E-state index in [1.807, 2.05) is 0 Å². The number of aromatic nitrogens is 1. The molecule has 32 heavy (non-hydrogen) atoms. The molecule has 2 amide bonds.